The Morgan fingerprint density at radius 3 is 2.31 bits per heavy atom. The first-order chi connectivity index (χ1) is 22.7. The first-order valence-electron chi connectivity index (χ1n) is 15.2. The first-order valence-corrected chi connectivity index (χ1v) is 16.8. The van der Waals surface area contributed by atoms with Gasteiger partial charge in [0.05, 0.1) is 34.7 Å². The van der Waals surface area contributed by atoms with Crippen LogP contribution in [-0.2, 0) is 34.0 Å². The summed E-state index contributed by atoms with van der Waals surface area (Å²) in [6, 6.07) is 15.5. The van der Waals surface area contributed by atoms with Gasteiger partial charge in [0.2, 0.25) is 10.0 Å². The van der Waals surface area contributed by atoms with Crippen molar-refractivity contribution >= 4 is 33.8 Å². The van der Waals surface area contributed by atoms with Crippen LogP contribution in [0.2, 0.25) is 0 Å². The number of aliphatic hydroxyl groups excluding tert-OH is 1. The minimum atomic E-state index is -4.49. The Morgan fingerprint density at radius 2 is 1.69 bits per heavy atom. The van der Waals surface area contributed by atoms with Crippen molar-refractivity contribution in [1.82, 2.24) is 10.6 Å². The van der Waals surface area contributed by atoms with Crippen LogP contribution >= 0.6 is 0 Å². The van der Waals surface area contributed by atoms with Crippen LogP contribution < -0.4 is 20.3 Å². The van der Waals surface area contributed by atoms with Gasteiger partial charge < -0.3 is 26.2 Å². The number of carboxylic acid groups (broad SMARTS) is 1. The minimum Gasteiger partial charge on any atom is -0.483 e. The van der Waals surface area contributed by atoms with Crippen molar-refractivity contribution < 1.29 is 45.8 Å². The third kappa shape index (κ3) is 10.9. The molecule has 2 atom stereocenters. The van der Waals surface area contributed by atoms with Crippen molar-refractivity contribution in [2.45, 2.75) is 64.0 Å². The molecule has 1 saturated heterocycles. The summed E-state index contributed by atoms with van der Waals surface area (Å²) in [6.45, 7) is 3.46. The number of sulfonamides is 1. The van der Waals surface area contributed by atoms with Crippen molar-refractivity contribution in [2.24, 2.45) is 0 Å². The van der Waals surface area contributed by atoms with Crippen LogP contribution in [0.15, 0.2) is 66.7 Å². The lowest BCUT2D eigenvalue weighted by Crippen LogP contribution is -2.49. The lowest BCUT2D eigenvalue weighted by molar-refractivity contribution is -0.137. The number of anilines is 2. The standard InChI is InChI=1S/C32H38F4N4O4S.CH2O2/c1-21(2)38-25-17-26(30(33)28(18-25)40-13-6-7-14-45(40,43)44)31(42)39-27(16-22-9-4-3-5-10-22)29(41)20-37-19-23-11-8-12-24(15-23)32(34,35)36;2-1-3/h3-5,8-12,15,17-18,21,27,29,37-38,41H,6-7,13-14,16,19-20H2,1-2H3,(H,39,42);1H,(H,2,3)/t27-,29+;/m0./s1. The Hall–Kier alpha value is -4.21. The quantitative estimate of drug-likeness (QED) is 0.134. The summed E-state index contributed by atoms with van der Waals surface area (Å²) in [4.78, 5) is 22.0. The topological polar surface area (TPSA) is 148 Å². The van der Waals surface area contributed by atoms with Gasteiger partial charge in [-0.1, -0.05) is 48.5 Å². The van der Waals surface area contributed by atoms with Crippen molar-refractivity contribution in [3.8, 4) is 0 Å². The minimum absolute atomic E-state index is 0.0260. The number of hydrogen-bond donors (Lipinski definition) is 5. The molecule has 0 unspecified atom stereocenters. The van der Waals surface area contributed by atoms with Gasteiger partial charge in [0.15, 0.2) is 5.82 Å². The van der Waals surface area contributed by atoms with Crippen molar-refractivity contribution in [3.05, 3.63) is 94.8 Å². The predicted molar refractivity (Wildman–Crippen MR) is 175 cm³/mol. The Morgan fingerprint density at radius 1 is 1.02 bits per heavy atom. The van der Waals surface area contributed by atoms with Crippen molar-refractivity contribution in [1.29, 1.82) is 0 Å². The van der Waals surface area contributed by atoms with Gasteiger partial charge in [-0.05, 0) is 62.4 Å². The van der Waals surface area contributed by atoms with Gasteiger partial charge in [-0.2, -0.15) is 13.2 Å². The van der Waals surface area contributed by atoms with E-state index in [1.165, 1.54) is 24.3 Å². The fourth-order valence-corrected chi connectivity index (χ4v) is 6.82. The number of hydrogen-bond acceptors (Lipinski definition) is 7. The Labute approximate surface area is 277 Å². The summed E-state index contributed by atoms with van der Waals surface area (Å²) in [7, 11) is -3.78. The largest absolute Gasteiger partial charge is 0.483 e. The van der Waals surface area contributed by atoms with E-state index < -0.39 is 51.2 Å². The summed E-state index contributed by atoms with van der Waals surface area (Å²) in [5.41, 5.74) is 0.0830. The molecular weight excluding hydrogens is 656 g/mol. The molecule has 262 valence electrons. The van der Waals surface area contributed by atoms with E-state index in [0.29, 0.717) is 24.1 Å². The zero-order valence-electron chi connectivity index (χ0n) is 26.5. The summed E-state index contributed by atoms with van der Waals surface area (Å²) in [6.07, 6.45) is -4.55. The van der Waals surface area contributed by atoms with Crippen LogP contribution in [0.4, 0.5) is 28.9 Å². The molecule has 0 aliphatic carbocycles. The first kappa shape index (κ1) is 38.2. The highest BCUT2D eigenvalue weighted by molar-refractivity contribution is 7.92. The Balaban J connectivity index is 0.00000201. The van der Waals surface area contributed by atoms with E-state index in [4.69, 9.17) is 9.90 Å². The average Bonchev–Trinajstić information content (AvgIpc) is 3.02. The molecule has 4 rings (SSSR count). The Bertz CT molecular complexity index is 1620. The maximum Gasteiger partial charge on any atom is 0.416 e. The molecule has 0 bridgehead atoms. The molecule has 0 spiro atoms. The van der Waals surface area contributed by atoms with Crippen LogP contribution in [0.3, 0.4) is 0 Å². The van der Waals surface area contributed by atoms with Crippen LogP contribution in [0.25, 0.3) is 0 Å². The van der Waals surface area contributed by atoms with Gasteiger partial charge in [0.1, 0.15) is 0 Å². The fourth-order valence-electron chi connectivity index (χ4n) is 5.19. The molecule has 48 heavy (non-hydrogen) atoms. The van der Waals surface area contributed by atoms with E-state index in [9.17, 15) is 31.5 Å². The molecule has 0 aromatic heterocycles. The third-order valence-electron chi connectivity index (χ3n) is 7.39. The van der Waals surface area contributed by atoms with E-state index in [-0.39, 0.29) is 50.0 Å². The molecule has 1 aliphatic heterocycles. The maximum atomic E-state index is 16.0. The highest BCUT2D eigenvalue weighted by Crippen LogP contribution is 2.32. The molecule has 5 N–H and O–H groups in total. The lowest BCUT2D eigenvalue weighted by Gasteiger charge is -2.30. The molecular formula is C33H40F4N4O6S. The lowest BCUT2D eigenvalue weighted by atomic mass is 10.00. The average molecular weight is 697 g/mol. The van der Waals surface area contributed by atoms with E-state index in [2.05, 4.69) is 16.0 Å². The van der Waals surface area contributed by atoms with Crippen LogP contribution in [0.1, 0.15) is 53.7 Å². The number of benzene rings is 3. The molecule has 1 amide bonds. The monoisotopic (exact) mass is 696 g/mol. The molecule has 1 aliphatic rings. The predicted octanol–water partition coefficient (Wildman–Crippen LogP) is 4.79. The number of halogens is 4. The summed E-state index contributed by atoms with van der Waals surface area (Å²) in [5.74, 6) is -1.98. The number of amides is 1. The second-order valence-electron chi connectivity index (χ2n) is 11.5. The highest BCUT2D eigenvalue weighted by Gasteiger charge is 2.32. The number of aliphatic hydroxyl groups is 1. The summed E-state index contributed by atoms with van der Waals surface area (Å²) < 4.78 is 82.0. The Kier molecular flexibility index (Phi) is 13.8. The molecule has 1 fully saturated rings. The van der Waals surface area contributed by atoms with Crippen LogP contribution in [0.5, 0.6) is 0 Å². The van der Waals surface area contributed by atoms with Gasteiger partial charge in [-0.15, -0.1) is 0 Å². The second kappa shape index (κ2) is 17.3. The van der Waals surface area contributed by atoms with E-state index >= 15 is 4.39 Å². The molecule has 0 radical (unpaired) electrons. The van der Waals surface area contributed by atoms with Crippen molar-refractivity contribution in [2.75, 3.05) is 28.5 Å². The fraction of sp³-hybridized carbons (Fsp3) is 0.394. The SMILES string of the molecule is CC(C)Nc1cc(C(=O)N[C@@H](Cc2ccccc2)[C@H](O)CNCc2cccc(C(F)(F)F)c2)c(F)c(N2CCCCS2(=O)=O)c1.O=CO. The number of rotatable bonds is 12. The molecule has 0 saturated carbocycles. The molecule has 3 aromatic carbocycles. The van der Waals surface area contributed by atoms with E-state index in [0.717, 1.165) is 22.0 Å². The van der Waals surface area contributed by atoms with Crippen molar-refractivity contribution in [3.63, 3.8) is 0 Å². The zero-order chi connectivity index (χ0) is 35.5. The zero-order valence-corrected chi connectivity index (χ0v) is 27.3. The molecule has 1 heterocycles. The molecule has 3 aromatic rings. The highest BCUT2D eigenvalue weighted by atomic mass is 32.2. The van der Waals surface area contributed by atoms with Gasteiger partial charge in [0, 0.05) is 31.4 Å². The smallest absolute Gasteiger partial charge is 0.416 e. The summed E-state index contributed by atoms with van der Waals surface area (Å²) >= 11 is 0. The normalized spacial score (nSPS) is 15.5. The number of carbonyl (C=O) groups excluding carboxylic acids is 1. The van der Waals surface area contributed by atoms with Crippen LogP contribution in [0, 0.1) is 5.82 Å². The number of carbonyl (C=O) groups is 2. The third-order valence-corrected chi connectivity index (χ3v) is 9.24. The van der Waals surface area contributed by atoms with Gasteiger partial charge in [-0.25, -0.2) is 12.8 Å². The summed E-state index contributed by atoms with van der Waals surface area (Å²) in [5, 5.41) is 26.8. The van der Waals surface area contributed by atoms with Crippen LogP contribution in [-0.4, -0.2) is 68.0 Å². The van der Waals surface area contributed by atoms with Gasteiger partial charge >= 0.3 is 6.18 Å². The van der Waals surface area contributed by atoms with E-state index in [1.54, 1.807) is 24.3 Å². The maximum absolute atomic E-state index is 16.0. The number of alkyl halides is 3. The number of nitrogens with one attached hydrogen (secondary N) is 3. The van der Waals surface area contributed by atoms with Gasteiger partial charge in [-0.3, -0.25) is 13.9 Å². The molecule has 10 nitrogen and oxygen atoms in total. The second-order valence-corrected chi connectivity index (χ2v) is 13.5. The van der Waals surface area contributed by atoms with Gasteiger partial charge in [0.25, 0.3) is 12.4 Å². The number of nitrogens with zero attached hydrogens (tertiary/aromatic N) is 1. The van der Waals surface area contributed by atoms with E-state index in [1.807, 2.05) is 19.9 Å². The molecule has 15 heteroatoms.